The molecule has 1 unspecified atom stereocenters. The van der Waals surface area contributed by atoms with Crippen molar-refractivity contribution in [2.24, 2.45) is 0 Å². The largest absolute Gasteiger partial charge is 0.309 e. The summed E-state index contributed by atoms with van der Waals surface area (Å²) in [7, 11) is 0. The van der Waals surface area contributed by atoms with Crippen LogP contribution in [-0.2, 0) is 6.42 Å². The summed E-state index contributed by atoms with van der Waals surface area (Å²) in [6.45, 7) is 4.56. The van der Waals surface area contributed by atoms with Gasteiger partial charge in [0, 0.05) is 6.20 Å². The Hall–Kier alpha value is -1.81. The molecule has 0 aliphatic heterocycles. The lowest BCUT2D eigenvalue weighted by Gasteiger charge is -2.19. The van der Waals surface area contributed by atoms with Gasteiger partial charge in [0.15, 0.2) is 0 Å². The summed E-state index contributed by atoms with van der Waals surface area (Å²) in [4.78, 5) is 4.11. The van der Waals surface area contributed by atoms with Gasteiger partial charge in [-0.15, -0.1) is 0 Å². The first-order valence-electron chi connectivity index (χ1n) is 6.70. The van der Waals surface area contributed by atoms with Gasteiger partial charge in [0.25, 0.3) is 0 Å². The monoisotopic (exact) mass is 276 g/mol. The van der Waals surface area contributed by atoms with Crippen LogP contribution in [0.15, 0.2) is 36.5 Å². The number of aryl methyl sites for hydroxylation is 1. The Balaban J connectivity index is 2.30. The molecule has 0 saturated heterocycles. The van der Waals surface area contributed by atoms with E-state index in [1.807, 2.05) is 13.8 Å². The molecule has 0 fully saturated rings. The molecule has 0 bridgehead atoms. The van der Waals surface area contributed by atoms with Crippen molar-refractivity contribution in [3.8, 4) is 0 Å². The highest BCUT2D eigenvalue weighted by molar-refractivity contribution is 5.28. The summed E-state index contributed by atoms with van der Waals surface area (Å²) < 4.78 is 27.2. The van der Waals surface area contributed by atoms with Gasteiger partial charge in [0.05, 0.1) is 11.7 Å². The van der Waals surface area contributed by atoms with Gasteiger partial charge >= 0.3 is 0 Å². The Morgan fingerprint density at radius 2 is 2.05 bits per heavy atom. The van der Waals surface area contributed by atoms with E-state index in [9.17, 15) is 8.78 Å². The molecule has 1 heterocycles. The number of rotatable bonds is 5. The SMILES string of the molecule is CCNC(Cc1cc(F)ccc1C)c1ncccc1F. The van der Waals surface area contributed by atoms with E-state index < -0.39 is 0 Å². The lowest BCUT2D eigenvalue weighted by molar-refractivity contribution is 0.492. The van der Waals surface area contributed by atoms with Gasteiger partial charge in [0.2, 0.25) is 0 Å². The quantitative estimate of drug-likeness (QED) is 0.903. The molecule has 2 nitrogen and oxygen atoms in total. The summed E-state index contributed by atoms with van der Waals surface area (Å²) in [5.74, 6) is -0.616. The molecule has 0 spiro atoms. The molecule has 1 aromatic carbocycles. The number of nitrogens with one attached hydrogen (secondary N) is 1. The Labute approximate surface area is 117 Å². The maximum atomic E-state index is 13.9. The second-order valence-corrected chi connectivity index (χ2v) is 4.76. The Morgan fingerprint density at radius 3 is 2.75 bits per heavy atom. The van der Waals surface area contributed by atoms with Crippen LogP contribution in [-0.4, -0.2) is 11.5 Å². The Kier molecular flexibility index (Phi) is 4.79. The molecular formula is C16H18F2N2. The minimum atomic E-state index is -0.340. The second kappa shape index (κ2) is 6.57. The van der Waals surface area contributed by atoms with Crippen molar-refractivity contribution in [1.29, 1.82) is 0 Å². The van der Waals surface area contributed by atoms with Gasteiger partial charge < -0.3 is 5.32 Å². The third-order valence-electron chi connectivity index (χ3n) is 3.30. The summed E-state index contributed by atoms with van der Waals surface area (Å²) in [6, 6.07) is 7.37. The molecule has 20 heavy (non-hydrogen) atoms. The zero-order valence-corrected chi connectivity index (χ0v) is 11.7. The smallest absolute Gasteiger partial charge is 0.146 e. The number of benzene rings is 1. The molecule has 0 saturated carbocycles. The van der Waals surface area contributed by atoms with Crippen LogP contribution in [0.2, 0.25) is 0 Å². The number of nitrogens with zero attached hydrogens (tertiary/aromatic N) is 1. The highest BCUT2D eigenvalue weighted by Crippen LogP contribution is 2.21. The van der Waals surface area contributed by atoms with Gasteiger partial charge in [-0.1, -0.05) is 13.0 Å². The molecule has 1 N–H and O–H groups in total. The van der Waals surface area contributed by atoms with Crippen molar-refractivity contribution < 1.29 is 8.78 Å². The van der Waals surface area contributed by atoms with Crippen LogP contribution in [0.1, 0.15) is 29.8 Å². The lowest BCUT2D eigenvalue weighted by Crippen LogP contribution is -2.25. The zero-order chi connectivity index (χ0) is 14.5. The van der Waals surface area contributed by atoms with Crippen LogP contribution in [0, 0.1) is 18.6 Å². The number of likely N-dealkylation sites (N-methyl/N-ethyl adjacent to an activating group) is 1. The van der Waals surface area contributed by atoms with Crippen LogP contribution in [0.4, 0.5) is 8.78 Å². The third kappa shape index (κ3) is 3.39. The average molecular weight is 276 g/mol. The maximum Gasteiger partial charge on any atom is 0.146 e. The molecule has 0 aliphatic rings. The number of hydrogen-bond donors (Lipinski definition) is 1. The summed E-state index contributed by atoms with van der Waals surface area (Å²) in [5.41, 5.74) is 2.23. The first kappa shape index (κ1) is 14.6. The van der Waals surface area contributed by atoms with Crippen LogP contribution < -0.4 is 5.32 Å². The standard InChI is InChI=1S/C16H18F2N2/c1-3-19-15(16-14(18)5-4-8-20-16)10-12-9-13(17)7-6-11(12)2/h4-9,15,19H,3,10H2,1-2H3. The molecule has 106 valence electrons. The molecular weight excluding hydrogens is 258 g/mol. The highest BCUT2D eigenvalue weighted by atomic mass is 19.1. The van der Waals surface area contributed by atoms with E-state index in [0.29, 0.717) is 18.7 Å². The van der Waals surface area contributed by atoms with Gasteiger partial charge in [-0.3, -0.25) is 4.98 Å². The van der Waals surface area contributed by atoms with E-state index in [4.69, 9.17) is 0 Å². The molecule has 0 aliphatic carbocycles. The lowest BCUT2D eigenvalue weighted by atomic mass is 9.98. The van der Waals surface area contributed by atoms with Crippen LogP contribution in [0.25, 0.3) is 0 Å². The molecule has 1 atom stereocenters. The van der Waals surface area contributed by atoms with E-state index >= 15 is 0 Å². The van der Waals surface area contributed by atoms with Crippen LogP contribution in [0.3, 0.4) is 0 Å². The fourth-order valence-electron chi connectivity index (χ4n) is 2.25. The minimum absolute atomic E-state index is 0.262. The Bertz CT molecular complexity index is 584. The summed E-state index contributed by atoms with van der Waals surface area (Å²) >= 11 is 0. The molecule has 1 aromatic heterocycles. The van der Waals surface area contributed by atoms with Crippen molar-refractivity contribution in [3.05, 3.63) is 65.0 Å². The normalized spacial score (nSPS) is 12.4. The molecule has 0 radical (unpaired) electrons. The van der Waals surface area contributed by atoms with E-state index in [1.165, 1.54) is 18.2 Å². The van der Waals surface area contributed by atoms with E-state index in [-0.39, 0.29) is 17.7 Å². The molecule has 2 aromatic rings. The molecule has 4 heteroatoms. The van der Waals surface area contributed by atoms with Crippen molar-refractivity contribution in [1.82, 2.24) is 10.3 Å². The summed E-state index contributed by atoms with van der Waals surface area (Å²) in [5, 5.41) is 3.21. The third-order valence-corrected chi connectivity index (χ3v) is 3.30. The average Bonchev–Trinajstić information content (AvgIpc) is 2.43. The fraction of sp³-hybridized carbons (Fsp3) is 0.312. The first-order chi connectivity index (χ1) is 9.61. The maximum absolute atomic E-state index is 13.9. The van der Waals surface area contributed by atoms with E-state index in [0.717, 1.165) is 11.1 Å². The van der Waals surface area contributed by atoms with Crippen molar-refractivity contribution in [3.63, 3.8) is 0 Å². The minimum Gasteiger partial charge on any atom is -0.309 e. The van der Waals surface area contributed by atoms with Crippen molar-refractivity contribution in [2.75, 3.05) is 6.54 Å². The van der Waals surface area contributed by atoms with Crippen molar-refractivity contribution in [2.45, 2.75) is 26.3 Å². The van der Waals surface area contributed by atoms with Gasteiger partial charge in [0.1, 0.15) is 11.6 Å². The van der Waals surface area contributed by atoms with E-state index in [2.05, 4.69) is 10.3 Å². The first-order valence-corrected chi connectivity index (χ1v) is 6.70. The molecule has 2 rings (SSSR count). The van der Waals surface area contributed by atoms with Crippen molar-refractivity contribution >= 4 is 0 Å². The van der Waals surface area contributed by atoms with E-state index in [1.54, 1.807) is 18.3 Å². The van der Waals surface area contributed by atoms with Crippen LogP contribution >= 0.6 is 0 Å². The van der Waals surface area contributed by atoms with Crippen LogP contribution in [0.5, 0.6) is 0 Å². The number of pyridine rings is 1. The van der Waals surface area contributed by atoms with Gasteiger partial charge in [-0.25, -0.2) is 8.78 Å². The summed E-state index contributed by atoms with van der Waals surface area (Å²) in [6.07, 6.45) is 2.08. The topological polar surface area (TPSA) is 24.9 Å². The predicted octanol–water partition coefficient (Wildman–Crippen LogP) is 3.56. The van der Waals surface area contributed by atoms with Gasteiger partial charge in [-0.05, 0) is 55.3 Å². The second-order valence-electron chi connectivity index (χ2n) is 4.76. The zero-order valence-electron chi connectivity index (χ0n) is 11.7. The Morgan fingerprint density at radius 1 is 1.25 bits per heavy atom. The predicted molar refractivity (Wildman–Crippen MR) is 75.5 cm³/mol. The number of halogens is 2. The fourth-order valence-corrected chi connectivity index (χ4v) is 2.25. The molecule has 0 amide bonds. The number of aromatic nitrogens is 1. The number of hydrogen-bond acceptors (Lipinski definition) is 2. The highest BCUT2D eigenvalue weighted by Gasteiger charge is 2.17. The van der Waals surface area contributed by atoms with Gasteiger partial charge in [-0.2, -0.15) is 0 Å².